The van der Waals surface area contributed by atoms with E-state index in [-0.39, 0.29) is 6.42 Å². The van der Waals surface area contributed by atoms with Gasteiger partial charge in [0.25, 0.3) is 5.92 Å². The zero-order valence-electron chi connectivity index (χ0n) is 8.92. The molecule has 0 bridgehead atoms. The van der Waals surface area contributed by atoms with Gasteiger partial charge in [-0.25, -0.2) is 8.78 Å². The van der Waals surface area contributed by atoms with E-state index in [1.54, 1.807) is 24.3 Å². The van der Waals surface area contributed by atoms with Crippen LogP contribution in [-0.2, 0) is 11.2 Å². The maximum Gasteiger partial charge on any atom is 0.287 e. The van der Waals surface area contributed by atoms with Crippen LogP contribution < -0.4 is 5.32 Å². The van der Waals surface area contributed by atoms with Crippen LogP contribution in [-0.4, -0.2) is 30.1 Å². The lowest BCUT2D eigenvalue weighted by molar-refractivity contribution is -0.123. The molecule has 0 aliphatic rings. The number of amides is 1. The fourth-order valence-electron chi connectivity index (χ4n) is 1.18. The van der Waals surface area contributed by atoms with Crippen molar-refractivity contribution in [2.45, 2.75) is 12.3 Å². The minimum Gasteiger partial charge on any atom is -0.390 e. The molecule has 0 saturated carbocycles. The summed E-state index contributed by atoms with van der Waals surface area (Å²) in [4.78, 5) is 11.3. The molecule has 1 aromatic carbocycles. The van der Waals surface area contributed by atoms with Gasteiger partial charge in [0.2, 0.25) is 5.91 Å². The summed E-state index contributed by atoms with van der Waals surface area (Å²) in [5.74, 6) is -3.83. The van der Waals surface area contributed by atoms with Crippen LogP contribution in [0.25, 0.3) is 0 Å². The van der Waals surface area contributed by atoms with E-state index in [9.17, 15) is 13.6 Å². The van der Waals surface area contributed by atoms with E-state index < -0.39 is 25.0 Å². The summed E-state index contributed by atoms with van der Waals surface area (Å²) in [7, 11) is 0. The zero-order chi connectivity index (χ0) is 12.9. The number of rotatable bonds is 5. The Morgan fingerprint density at radius 3 is 2.76 bits per heavy atom. The molecule has 0 aliphatic carbocycles. The highest BCUT2D eigenvalue weighted by Crippen LogP contribution is 2.12. The van der Waals surface area contributed by atoms with Crippen LogP contribution in [0.3, 0.4) is 0 Å². The summed E-state index contributed by atoms with van der Waals surface area (Å²) in [6.45, 7) is -2.16. The topological polar surface area (TPSA) is 49.3 Å². The van der Waals surface area contributed by atoms with E-state index >= 15 is 0 Å². The third-order valence-corrected chi connectivity index (χ3v) is 2.26. The maximum absolute atomic E-state index is 12.6. The third-order valence-electron chi connectivity index (χ3n) is 2.03. The number of halogens is 3. The molecule has 0 fully saturated rings. The van der Waals surface area contributed by atoms with E-state index in [1.807, 2.05) is 5.32 Å². The van der Waals surface area contributed by atoms with Crippen LogP contribution in [0.15, 0.2) is 24.3 Å². The average Bonchev–Trinajstić information content (AvgIpc) is 2.27. The van der Waals surface area contributed by atoms with E-state index in [0.717, 1.165) is 0 Å². The Morgan fingerprint density at radius 2 is 2.18 bits per heavy atom. The molecule has 94 valence electrons. The first-order chi connectivity index (χ1) is 7.93. The predicted molar refractivity (Wildman–Crippen MR) is 60.2 cm³/mol. The minimum absolute atomic E-state index is 0.0257. The number of hydrogen-bond donors (Lipinski definition) is 2. The third kappa shape index (κ3) is 5.10. The zero-order valence-corrected chi connectivity index (χ0v) is 9.68. The Morgan fingerprint density at radius 1 is 1.47 bits per heavy atom. The van der Waals surface area contributed by atoms with Crippen molar-refractivity contribution in [3.8, 4) is 0 Å². The van der Waals surface area contributed by atoms with Crippen LogP contribution in [0, 0.1) is 0 Å². The molecule has 17 heavy (non-hydrogen) atoms. The van der Waals surface area contributed by atoms with Gasteiger partial charge in [0.15, 0.2) is 0 Å². The average molecular weight is 264 g/mol. The first-order valence-electron chi connectivity index (χ1n) is 4.93. The number of hydrogen-bond acceptors (Lipinski definition) is 2. The molecule has 0 unspecified atom stereocenters. The SMILES string of the molecule is O=C(Cc1cccc(Cl)c1)NCC(F)(F)CO. The van der Waals surface area contributed by atoms with Gasteiger partial charge in [-0.15, -0.1) is 0 Å². The van der Waals surface area contributed by atoms with Crippen LogP contribution in [0.4, 0.5) is 8.78 Å². The minimum atomic E-state index is -3.29. The first-order valence-corrected chi connectivity index (χ1v) is 5.30. The molecule has 3 nitrogen and oxygen atoms in total. The highest BCUT2D eigenvalue weighted by atomic mass is 35.5. The Balaban J connectivity index is 2.45. The van der Waals surface area contributed by atoms with Gasteiger partial charge in [-0.2, -0.15) is 0 Å². The van der Waals surface area contributed by atoms with E-state index in [1.165, 1.54) is 0 Å². The van der Waals surface area contributed by atoms with Crippen molar-refractivity contribution in [1.29, 1.82) is 0 Å². The fraction of sp³-hybridized carbons (Fsp3) is 0.364. The smallest absolute Gasteiger partial charge is 0.287 e. The van der Waals surface area contributed by atoms with Gasteiger partial charge in [0, 0.05) is 5.02 Å². The normalized spacial score (nSPS) is 11.3. The molecular weight excluding hydrogens is 252 g/mol. The van der Waals surface area contributed by atoms with Gasteiger partial charge < -0.3 is 10.4 Å². The lowest BCUT2D eigenvalue weighted by atomic mass is 10.1. The number of carbonyl (C=O) groups excluding carboxylic acids is 1. The number of carbonyl (C=O) groups is 1. The monoisotopic (exact) mass is 263 g/mol. The van der Waals surface area contributed by atoms with Gasteiger partial charge in [0.05, 0.1) is 13.0 Å². The van der Waals surface area contributed by atoms with Gasteiger partial charge in [-0.05, 0) is 17.7 Å². The number of aliphatic hydroxyl groups is 1. The molecule has 0 aliphatic heterocycles. The number of alkyl halides is 2. The Hall–Kier alpha value is -1.20. The summed E-state index contributed by atoms with van der Waals surface area (Å²) >= 11 is 5.72. The summed E-state index contributed by atoms with van der Waals surface area (Å²) < 4.78 is 25.3. The predicted octanol–water partition coefficient (Wildman–Crippen LogP) is 1.63. The van der Waals surface area contributed by atoms with Gasteiger partial charge >= 0.3 is 0 Å². The second-order valence-electron chi connectivity index (χ2n) is 3.60. The Labute approximate surface area is 102 Å². The van der Waals surface area contributed by atoms with Crippen LogP contribution in [0.2, 0.25) is 5.02 Å². The summed E-state index contributed by atoms with van der Waals surface area (Å²) in [6.07, 6.45) is -0.0257. The van der Waals surface area contributed by atoms with E-state index in [0.29, 0.717) is 10.6 Å². The fourth-order valence-corrected chi connectivity index (χ4v) is 1.39. The molecule has 0 heterocycles. The molecule has 0 saturated heterocycles. The Kier molecular flexibility index (Phi) is 4.84. The van der Waals surface area contributed by atoms with Gasteiger partial charge in [-0.1, -0.05) is 23.7 Å². The van der Waals surface area contributed by atoms with Gasteiger partial charge in [0.1, 0.15) is 6.61 Å². The van der Waals surface area contributed by atoms with Crippen molar-refractivity contribution in [3.05, 3.63) is 34.9 Å². The lowest BCUT2D eigenvalue weighted by Gasteiger charge is -2.13. The molecule has 1 aromatic rings. The molecule has 0 aromatic heterocycles. The molecule has 6 heteroatoms. The highest BCUT2D eigenvalue weighted by molar-refractivity contribution is 6.30. The van der Waals surface area contributed by atoms with Crippen LogP contribution >= 0.6 is 11.6 Å². The largest absolute Gasteiger partial charge is 0.390 e. The molecule has 0 radical (unpaired) electrons. The number of aliphatic hydroxyl groups excluding tert-OH is 1. The lowest BCUT2D eigenvalue weighted by Crippen LogP contribution is -2.39. The molecule has 0 atom stereocenters. The quantitative estimate of drug-likeness (QED) is 0.848. The molecular formula is C11H12ClF2NO2. The number of nitrogens with one attached hydrogen (secondary N) is 1. The van der Waals surface area contributed by atoms with Crippen molar-refractivity contribution in [2.75, 3.05) is 13.2 Å². The van der Waals surface area contributed by atoms with E-state index in [2.05, 4.69) is 0 Å². The first kappa shape index (κ1) is 13.9. The number of benzene rings is 1. The standard InChI is InChI=1S/C11H12ClF2NO2/c12-9-3-1-2-8(4-9)5-10(17)15-6-11(13,14)7-16/h1-4,16H,5-7H2,(H,15,17). The van der Waals surface area contributed by atoms with Crippen molar-refractivity contribution >= 4 is 17.5 Å². The van der Waals surface area contributed by atoms with Crippen LogP contribution in [0.5, 0.6) is 0 Å². The summed E-state index contributed by atoms with van der Waals surface area (Å²) in [5.41, 5.74) is 0.641. The van der Waals surface area contributed by atoms with Gasteiger partial charge in [-0.3, -0.25) is 4.79 Å². The highest BCUT2D eigenvalue weighted by Gasteiger charge is 2.27. The summed E-state index contributed by atoms with van der Waals surface area (Å²) in [6, 6.07) is 6.59. The van der Waals surface area contributed by atoms with Crippen LogP contribution in [0.1, 0.15) is 5.56 Å². The Bertz CT molecular complexity index is 399. The van der Waals surface area contributed by atoms with Crippen molar-refractivity contribution in [1.82, 2.24) is 5.32 Å². The van der Waals surface area contributed by atoms with E-state index in [4.69, 9.17) is 16.7 Å². The molecule has 0 spiro atoms. The van der Waals surface area contributed by atoms with Crippen molar-refractivity contribution < 1.29 is 18.7 Å². The summed E-state index contributed by atoms with van der Waals surface area (Å²) in [5, 5.41) is 10.8. The molecule has 1 amide bonds. The van der Waals surface area contributed by atoms with Crippen molar-refractivity contribution in [3.63, 3.8) is 0 Å². The van der Waals surface area contributed by atoms with Crippen molar-refractivity contribution in [2.24, 2.45) is 0 Å². The second-order valence-corrected chi connectivity index (χ2v) is 4.03. The maximum atomic E-state index is 12.6. The second kappa shape index (κ2) is 5.93. The molecule has 1 rings (SSSR count). The molecule has 2 N–H and O–H groups in total.